The number of nitrogens with zero attached hydrogens (tertiary/aromatic N) is 2. The van der Waals surface area contributed by atoms with Crippen LogP contribution < -0.4 is 5.32 Å². The lowest BCUT2D eigenvalue weighted by Gasteiger charge is -2.22. The molecule has 1 atom stereocenters. The highest BCUT2D eigenvalue weighted by atomic mass is 35.5. The first kappa shape index (κ1) is 12.1. The number of hydrogen-bond donors (Lipinski definition) is 1. The molecule has 1 fully saturated rings. The maximum Gasteiger partial charge on any atom is 0.189 e. The second-order valence-electron chi connectivity index (χ2n) is 4.07. The summed E-state index contributed by atoms with van der Waals surface area (Å²) in [5, 5.41) is 4.83. The molecule has 1 aromatic heterocycles. The van der Waals surface area contributed by atoms with Gasteiger partial charge in [0, 0.05) is 17.5 Å². The fourth-order valence-corrected chi connectivity index (χ4v) is 3.10. The van der Waals surface area contributed by atoms with Crippen LogP contribution in [0.25, 0.3) is 0 Å². The minimum atomic E-state index is 0.534. The van der Waals surface area contributed by atoms with Crippen LogP contribution in [0.1, 0.15) is 25.0 Å². The molecule has 0 saturated carbocycles. The van der Waals surface area contributed by atoms with E-state index in [0.717, 1.165) is 23.1 Å². The molecule has 1 aliphatic rings. The van der Waals surface area contributed by atoms with E-state index in [9.17, 15) is 0 Å². The van der Waals surface area contributed by atoms with Gasteiger partial charge in [0.2, 0.25) is 0 Å². The van der Waals surface area contributed by atoms with Crippen molar-refractivity contribution >= 4 is 23.4 Å². The highest BCUT2D eigenvalue weighted by Gasteiger charge is 2.13. The van der Waals surface area contributed by atoms with E-state index >= 15 is 0 Å². The van der Waals surface area contributed by atoms with E-state index in [1.165, 1.54) is 19.3 Å². The van der Waals surface area contributed by atoms with Crippen LogP contribution in [0, 0.1) is 6.92 Å². The van der Waals surface area contributed by atoms with Crippen molar-refractivity contribution in [3.05, 3.63) is 16.9 Å². The van der Waals surface area contributed by atoms with Crippen molar-refractivity contribution in [2.75, 3.05) is 12.3 Å². The molecule has 5 heteroatoms. The molecule has 0 aliphatic carbocycles. The Morgan fingerprint density at radius 1 is 1.50 bits per heavy atom. The first-order valence-corrected chi connectivity index (χ1v) is 6.98. The van der Waals surface area contributed by atoms with Crippen LogP contribution in [0.2, 0.25) is 5.15 Å². The van der Waals surface area contributed by atoms with Crippen molar-refractivity contribution < 1.29 is 0 Å². The van der Waals surface area contributed by atoms with E-state index in [2.05, 4.69) is 15.3 Å². The van der Waals surface area contributed by atoms with E-state index in [-0.39, 0.29) is 0 Å². The molecule has 1 saturated heterocycles. The average molecular weight is 258 g/mol. The molecule has 1 aromatic rings. The fraction of sp³-hybridized carbons (Fsp3) is 0.636. The lowest BCUT2D eigenvalue weighted by molar-refractivity contribution is 0.429. The van der Waals surface area contributed by atoms with Crippen LogP contribution in [0.4, 0.5) is 0 Å². The van der Waals surface area contributed by atoms with Gasteiger partial charge in [-0.2, -0.15) is 0 Å². The Kier molecular flexibility index (Phi) is 4.44. The molecule has 16 heavy (non-hydrogen) atoms. The summed E-state index contributed by atoms with van der Waals surface area (Å²) in [4.78, 5) is 8.57. The Morgan fingerprint density at radius 2 is 2.38 bits per heavy atom. The van der Waals surface area contributed by atoms with Gasteiger partial charge < -0.3 is 5.32 Å². The number of rotatable bonds is 3. The number of aryl methyl sites for hydroxylation is 1. The molecule has 88 valence electrons. The fourth-order valence-electron chi connectivity index (χ4n) is 1.81. The van der Waals surface area contributed by atoms with Crippen LogP contribution in [0.3, 0.4) is 0 Å². The molecule has 2 rings (SSSR count). The Morgan fingerprint density at radius 3 is 3.06 bits per heavy atom. The minimum Gasteiger partial charge on any atom is -0.313 e. The monoisotopic (exact) mass is 257 g/mol. The van der Waals surface area contributed by atoms with Gasteiger partial charge in [-0.15, -0.1) is 0 Å². The highest BCUT2D eigenvalue weighted by molar-refractivity contribution is 7.99. The van der Waals surface area contributed by atoms with E-state index in [0.29, 0.717) is 11.2 Å². The molecule has 0 radical (unpaired) electrons. The third-order valence-electron chi connectivity index (χ3n) is 2.63. The Bertz CT molecular complexity index is 333. The quantitative estimate of drug-likeness (QED) is 0.513. The average Bonchev–Trinajstić information content (AvgIpc) is 2.27. The maximum absolute atomic E-state index is 5.89. The maximum atomic E-state index is 5.89. The summed E-state index contributed by atoms with van der Waals surface area (Å²) in [5.41, 5.74) is 0.930. The summed E-state index contributed by atoms with van der Waals surface area (Å²) in [6, 6.07) is 2.38. The smallest absolute Gasteiger partial charge is 0.189 e. The van der Waals surface area contributed by atoms with Crippen molar-refractivity contribution in [3.8, 4) is 0 Å². The summed E-state index contributed by atoms with van der Waals surface area (Å²) >= 11 is 7.58. The minimum absolute atomic E-state index is 0.534. The van der Waals surface area contributed by atoms with Gasteiger partial charge in [0.25, 0.3) is 0 Å². The number of aromatic nitrogens is 2. The number of hydrogen-bond acceptors (Lipinski definition) is 4. The molecule has 0 spiro atoms. The number of halogens is 1. The highest BCUT2D eigenvalue weighted by Crippen LogP contribution is 2.20. The first-order valence-electron chi connectivity index (χ1n) is 5.61. The summed E-state index contributed by atoms with van der Waals surface area (Å²) in [6.07, 6.45) is 3.88. The van der Waals surface area contributed by atoms with Gasteiger partial charge in [-0.05, 0) is 32.4 Å². The van der Waals surface area contributed by atoms with Gasteiger partial charge in [-0.25, -0.2) is 9.97 Å². The molecule has 0 amide bonds. The molecule has 0 aromatic carbocycles. The van der Waals surface area contributed by atoms with Gasteiger partial charge >= 0.3 is 0 Å². The number of piperidine rings is 1. The predicted octanol–water partition coefficient (Wildman–Crippen LogP) is 2.67. The van der Waals surface area contributed by atoms with Gasteiger partial charge in [-0.3, -0.25) is 0 Å². The standard InChI is InChI=1S/C11H16ClN3S/c1-8-6-10(12)15-11(14-8)16-7-9-4-2-3-5-13-9/h6,9,13H,2-5,7H2,1H3. The molecule has 1 unspecified atom stereocenters. The lowest BCUT2D eigenvalue weighted by atomic mass is 10.1. The van der Waals surface area contributed by atoms with Crippen molar-refractivity contribution in [3.63, 3.8) is 0 Å². The van der Waals surface area contributed by atoms with Crippen molar-refractivity contribution in [1.29, 1.82) is 0 Å². The Labute approximate surface area is 105 Å². The van der Waals surface area contributed by atoms with Crippen molar-refractivity contribution in [2.24, 2.45) is 0 Å². The zero-order chi connectivity index (χ0) is 11.4. The van der Waals surface area contributed by atoms with Crippen LogP contribution in [0.15, 0.2) is 11.2 Å². The topological polar surface area (TPSA) is 37.8 Å². The third-order valence-corrected chi connectivity index (χ3v) is 3.83. The molecule has 0 bridgehead atoms. The van der Waals surface area contributed by atoms with Gasteiger partial charge in [0.05, 0.1) is 0 Å². The summed E-state index contributed by atoms with van der Waals surface area (Å²) in [6.45, 7) is 3.08. The predicted molar refractivity (Wildman–Crippen MR) is 68.1 cm³/mol. The van der Waals surface area contributed by atoms with Crippen molar-refractivity contribution in [2.45, 2.75) is 37.4 Å². The number of nitrogens with one attached hydrogen (secondary N) is 1. The van der Waals surface area contributed by atoms with Gasteiger partial charge in [0.15, 0.2) is 5.16 Å². The van der Waals surface area contributed by atoms with Gasteiger partial charge in [-0.1, -0.05) is 29.8 Å². The Balaban J connectivity index is 1.88. The second-order valence-corrected chi connectivity index (χ2v) is 5.45. The molecule has 2 heterocycles. The van der Waals surface area contributed by atoms with Crippen LogP contribution in [0.5, 0.6) is 0 Å². The molecule has 1 aliphatic heterocycles. The van der Waals surface area contributed by atoms with E-state index in [1.807, 2.05) is 6.92 Å². The van der Waals surface area contributed by atoms with Crippen LogP contribution >= 0.6 is 23.4 Å². The third kappa shape index (κ3) is 3.61. The molecular weight excluding hydrogens is 242 g/mol. The second kappa shape index (κ2) is 5.84. The molecule has 3 nitrogen and oxygen atoms in total. The van der Waals surface area contributed by atoms with Crippen molar-refractivity contribution in [1.82, 2.24) is 15.3 Å². The zero-order valence-electron chi connectivity index (χ0n) is 9.37. The van der Waals surface area contributed by atoms with Crippen LogP contribution in [-0.2, 0) is 0 Å². The largest absolute Gasteiger partial charge is 0.313 e. The summed E-state index contributed by atoms with van der Waals surface area (Å²) in [7, 11) is 0. The number of thioether (sulfide) groups is 1. The SMILES string of the molecule is Cc1cc(Cl)nc(SCC2CCCCN2)n1. The lowest BCUT2D eigenvalue weighted by Crippen LogP contribution is -2.35. The molecule has 1 N–H and O–H groups in total. The normalized spacial score (nSPS) is 21.0. The summed E-state index contributed by atoms with van der Waals surface area (Å²) < 4.78 is 0. The van der Waals surface area contributed by atoms with Crippen LogP contribution in [-0.4, -0.2) is 28.3 Å². The van der Waals surface area contributed by atoms with E-state index < -0.39 is 0 Å². The van der Waals surface area contributed by atoms with E-state index in [1.54, 1.807) is 17.8 Å². The van der Waals surface area contributed by atoms with Gasteiger partial charge in [0.1, 0.15) is 5.15 Å². The summed E-state index contributed by atoms with van der Waals surface area (Å²) in [5.74, 6) is 1.03. The Hall–Kier alpha value is -0.320. The zero-order valence-corrected chi connectivity index (χ0v) is 10.9. The van der Waals surface area contributed by atoms with E-state index in [4.69, 9.17) is 11.6 Å². The first-order chi connectivity index (χ1) is 7.74. The molecular formula is C11H16ClN3S.